The topological polar surface area (TPSA) is 20.3 Å². The number of likely N-dealkylation sites (tertiary alicyclic amines) is 1. The van der Waals surface area contributed by atoms with Crippen LogP contribution in [0.2, 0.25) is 0 Å². The molecule has 3 atom stereocenters. The smallest absolute Gasteiger partial charge is 0.150 e. The predicted octanol–water partition coefficient (Wildman–Crippen LogP) is 2.87. The highest BCUT2D eigenvalue weighted by molar-refractivity contribution is 5.84. The van der Waals surface area contributed by atoms with Crippen molar-refractivity contribution in [3.8, 4) is 0 Å². The van der Waals surface area contributed by atoms with Crippen molar-refractivity contribution in [1.29, 1.82) is 0 Å². The van der Waals surface area contributed by atoms with Crippen molar-refractivity contribution < 1.29 is 4.79 Å². The Morgan fingerprint density at radius 2 is 1.82 bits per heavy atom. The molecule has 0 saturated carbocycles. The molecular weight excluding hydrogens is 210 g/mol. The van der Waals surface area contributed by atoms with Gasteiger partial charge in [-0.05, 0) is 25.3 Å². The zero-order valence-corrected chi connectivity index (χ0v) is 10.9. The zero-order valence-electron chi connectivity index (χ0n) is 10.9. The summed E-state index contributed by atoms with van der Waals surface area (Å²) in [5, 5.41) is 0. The molecule has 1 fully saturated rings. The number of nitrogens with zero attached hydrogens (tertiary/aromatic N) is 1. The quantitative estimate of drug-likeness (QED) is 0.780. The van der Waals surface area contributed by atoms with Crippen LogP contribution in [0, 0.1) is 5.92 Å². The lowest BCUT2D eigenvalue weighted by Crippen LogP contribution is -2.51. The van der Waals surface area contributed by atoms with Crippen LogP contribution in [-0.2, 0) is 11.3 Å². The standard InChI is InChI=1S/C15H21NO/c1-11-9-15(17)13(3)16(12(11)2)10-14-7-5-4-6-8-14/h4-8,11-13H,9-10H2,1-3H3/t11-,12+,13+/m0/s1. The third-order valence-corrected chi connectivity index (χ3v) is 4.04. The average molecular weight is 231 g/mol. The summed E-state index contributed by atoms with van der Waals surface area (Å²) in [6, 6.07) is 10.9. The predicted molar refractivity (Wildman–Crippen MR) is 69.7 cm³/mol. The third kappa shape index (κ3) is 2.58. The fourth-order valence-corrected chi connectivity index (χ4v) is 2.60. The Kier molecular flexibility index (Phi) is 3.63. The van der Waals surface area contributed by atoms with Crippen LogP contribution in [-0.4, -0.2) is 22.8 Å². The second-order valence-electron chi connectivity index (χ2n) is 5.22. The number of carbonyl (C=O) groups is 1. The molecule has 0 unspecified atom stereocenters. The van der Waals surface area contributed by atoms with Gasteiger partial charge >= 0.3 is 0 Å². The van der Waals surface area contributed by atoms with Crippen LogP contribution in [0.25, 0.3) is 0 Å². The number of benzene rings is 1. The fraction of sp³-hybridized carbons (Fsp3) is 0.533. The largest absolute Gasteiger partial charge is 0.298 e. The molecular formula is C15H21NO. The van der Waals surface area contributed by atoms with Gasteiger partial charge in [0.15, 0.2) is 0 Å². The molecule has 0 spiro atoms. The van der Waals surface area contributed by atoms with Gasteiger partial charge in [0.05, 0.1) is 6.04 Å². The van der Waals surface area contributed by atoms with Crippen LogP contribution >= 0.6 is 0 Å². The van der Waals surface area contributed by atoms with E-state index < -0.39 is 0 Å². The molecule has 17 heavy (non-hydrogen) atoms. The van der Waals surface area contributed by atoms with E-state index in [1.807, 2.05) is 13.0 Å². The Balaban J connectivity index is 2.15. The number of hydrogen-bond donors (Lipinski definition) is 0. The first-order valence-electron chi connectivity index (χ1n) is 6.42. The van der Waals surface area contributed by atoms with Crippen molar-refractivity contribution in [2.45, 2.75) is 45.8 Å². The summed E-state index contributed by atoms with van der Waals surface area (Å²) in [5.41, 5.74) is 1.29. The first-order valence-corrected chi connectivity index (χ1v) is 6.42. The van der Waals surface area contributed by atoms with Gasteiger partial charge in [0.2, 0.25) is 0 Å². The summed E-state index contributed by atoms with van der Waals surface area (Å²) in [4.78, 5) is 14.2. The van der Waals surface area contributed by atoms with Gasteiger partial charge in [-0.2, -0.15) is 0 Å². The Bertz CT molecular complexity index is 387. The van der Waals surface area contributed by atoms with E-state index in [4.69, 9.17) is 0 Å². The molecule has 1 heterocycles. The normalized spacial score (nSPS) is 30.5. The maximum atomic E-state index is 11.9. The molecule has 0 aliphatic carbocycles. The number of ketones is 1. The van der Waals surface area contributed by atoms with E-state index in [1.165, 1.54) is 5.56 Å². The van der Waals surface area contributed by atoms with E-state index in [0.717, 1.165) is 13.0 Å². The average Bonchev–Trinajstić information content (AvgIpc) is 2.33. The van der Waals surface area contributed by atoms with Gasteiger partial charge in [-0.3, -0.25) is 9.69 Å². The summed E-state index contributed by atoms with van der Waals surface area (Å²) in [6.45, 7) is 7.32. The molecule has 0 amide bonds. The lowest BCUT2D eigenvalue weighted by molar-refractivity contribution is -0.130. The summed E-state index contributed by atoms with van der Waals surface area (Å²) in [5.74, 6) is 0.842. The van der Waals surface area contributed by atoms with Crippen molar-refractivity contribution >= 4 is 5.78 Å². The van der Waals surface area contributed by atoms with E-state index in [9.17, 15) is 4.79 Å². The van der Waals surface area contributed by atoms with E-state index in [1.54, 1.807) is 0 Å². The Morgan fingerprint density at radius 3 is 2.47 bits per heavy atom. The van der Waals surface area contributed by atoms with Gasteiger partial charge in [-0.1, -0.05) is 37.3 Å². The first kappa shape index (κ1) is 12.3. The molecule has 1 aromatic carbocycles. The molecule has 2 heteroatoms. The molecule has 2 nitrogen and oxygen atoms in total. The summed E-state index contributed by atoms with van der Waals surface area (Å²) >= 11 is 0. The fourth-order valence-electron chi connectivity index (χ4n) is 2.60. The number of Topliss-reactive ketones (excluding diaryl/α,β-unsaturated/α-hetero) is 1. The highest BCUT2D eigenvalue weighted by Gasteiger charge is 2.35. The Hall–Kier alpha value is -1.15. The summed E-state index contributed by atoms with van der Waals surface area (Å²) in [7, 11) is 0. The Labute approximate surface area is 104 Å². The lowest BCUT2D eigenvalue weighted by Gasteiger charge is -2.41. The molecule has 0 N–H and O–H groups in total. The van der Waals surface area contributed by atoms with E-state index >= 15 is 0 Å². The van der Waals surface area contributed by atoms with Gasteiger partial charge < -0.3 is 0 Å². The second-order valence-corrected chi connectivity index (χ2v) is 5.22. The number of rotatable bonds is 2. The highest BCUT2D eigenvalue weighted by Crippen LogP contribution is 2.26. The third-order valence-electron chi connectivity index (χ3n) is 4.04. The zero-order chi connectivity index (χ0) is 12.4. The molecule has 1 saturated heterocycles. The molecule has 1 aliphatic heterocycles. The molecule has 0 radical (unpaired) electrons. The van der Waals surface area contributed by atoms with Crippen molar-refractivity contribution in [3.05, 3.63) is 35.9 Å². The number of hydrogen-bond acceptors (Lipinski definition) is 2. The molecule has 92 valence electrons. The lowest BCUT2D eigenvalue weighted by atomic mass is 9.87. The summed E-state index contributed by atoms with van der Waals surface area (Å²) in [6.07, 6.45) is 0.730. The maximum absolute atomic E-state index is 11.9. The van der Waals surface area contributed by atoms with Gasteiger partial charge in [-0.15, -0.1) is 0 Å². The first-order chi connectivity index (χ1) is 8.09. The van der Waals surface area contributed by atoms with Gasteiger partial charge in [0, 0.05) is 19.0 Å². The maximum Gasteiger partial charge on any atom is 0.150 e. The Morgan fingerprint density at radius 1 is 1.18 bits per heavy atom. The van der Waals surface area contributed by atoms with Crippen molar-refractivity contribution in [2.75, 3.05) is 0 Å². The van der Waals surface area contributed by atoms with Gasteiger partial charge in [0.1, 0.15) is 5.78 Å². The number of piperidine rings is 1. The van der Waals surface area contributed by atoms with Gasteiger partial charge in [-0.25, -0.2) is 0 Å². The van der Waals surface area contributed by atoms with Crippen LogP contribution < -0.4 is 0 Å². The molecule has 0 bridgehead atoms. The van der Waals surface area contributed by atoms with Crippen LogP contribution in [0.15, 0.2) is 30.3 Å². The van der Waals surface area contributed by atoms with Crippen molar-refractivity contribution in [1.82, 2.24) is 4.90 Å². The van der Waals surface area contributed by atoms with Gasteiger partial charge in [0.25, 0.3) is 0 Å². The monoisotopic (exact) mass is 231 g/mol. The van der Waals surface area contributed by atoms with E-state index in [0.29, 0.717) is 17.7 Å². The molecule has 2 rings (SSSR count). The molecule has 1 aliphatic rings. The van der Waals surface area contributed by atoms with Crippen LogP contribution in [0.5, 0.6) is 0 Å². The van der Waals surface area contributed by atoms with Crippen LogP contribution in [0.4, 0.5) is 0 Å². The minimum Gasteiger partial charge on any atom is -0.298 e. The van der Waals surface area contributed by atoms with Crippen LogP contribution in [0.1, 0.15) is 32.8 Å². The molecule has 1 aromatic rings. The molecule has 0 aromatic heterocycles. The highest BCUT2D eigenvalue weighted by atomic mass is 16.1. The van der Waals surface area contributed by atoms with Crippen molar-refractivity contribution in [2.24, 2.45) is 5.92 Å². The van der Waals surface area contributed by atoms with Crippen LogP contribution in [0.3, 0.4) is 0 Å². The van der Waals surface area contributed by atoms with E-state index in [2.05, 4.69) is 43.0 Å². The van der Waals surface area contributed by atoms with E-state index in [-0.39, 0.29) is 6.04 Å². The van der Waals surface area contributed by atoms with Crippen molar-refractivity contribution in [3.63, 3.8) is 0 Å². The minimum absolute atomic E-state index is 0.0569. The SMILES string of the molecule is C[C@@H]1C(=O)C[C@H](C)[C@@H](C)N1Cc1ccccc1. The summed E-state index contributed by atoms with van der Waals surface area (Å²) < 4.78 is 0. The minimum atomic E-state index is 0.0569. The number of carbonyl (C=O) groups excluding carboxylic acids is 1. The second kappa shape index (κ2) is 5.01.